The van der Waals surface area contributed by atoms with E-state index >= 15 is 0 Å². The number of hydrogen-bond acceptors (Lipinski definition) is 5. The third-order valence-corrected chi connectivity index (χ3v) is 5.17. The summed E-state index contributed by atoms with van der Waals surface area (Å²) in [6.45, 7) is 1.47. The average molecular weight is 338 g/mol. The first-order valence-electron chi connectivity index (χ1n) is 6.93. The highest BCUT2D eigenvalue weighted by Gasteiger charge is 2.28. The van der Waals surface area contributed by atoms with Crippen LogP contribution in [0.25, 0.3) is 0 Å². The van der Waals surface area contributed by atoms with Crippen LogP contribution in [0.15, 0.2) is 35.5 Å². The van der Waals surface area contributed by atoms with E-state index in [-0.39, 0.29) is 24.4 Å². The summed E-state index contributed by atoms with van der Waals surface area (Å²) in [4.78, 5) is 15.0. The minimum absolute atomic E-state index is 0.00475. The van der Waals surface area contributed by atoms with Crippen molar-refractivity contribution in [1.29, 1.82) is 0 Å². The van der Waals surface area contributed by atoms with Crippen molar-refractivity contribution in [1.82, 2.24) is 19.1 Å². The summed E-state index contributed by atoms with van der Waals surface area (Å²) in [6, 6.07) is 5.17. The second-order valence-corrected chi connectivity index (χ2v) is 6.96. The number of carboxylic acid groups (broad SMARTS) is 1. The minimum Gasteiger partial charge on any atom is -0.481 e. The summed E-state index contributed by atoms with van der Waals surface area (Å²) < 4.78 is 28.2. The summed E-state index contributed by atoms with van der Waals surface area (Å²) in [7, 11) is -2.23. The van der Waals surface area contributed by atoms with Gasteiger partial charge in [0.1, 0.15) is 4.90 Å². The van der Waals surface area contributed by atoms with Gasteiger partial charge in [-0.05, 0) is 19.1 Å². The number of rotatable bonds is 7. The molecule has 0 amide bonds. The molecule has 0 aliphatic rings. The van der Waals surface area contributed by atoms with Gasteiger partial charge in [0.05, 0.1) is 24.4 Å². The van der Waals surface area contributed by atoms with Gasteiger partial charge in [0, 0.05) is 26.0 Å². The molecule has 2 heterocycles. The van der Waals surface area contributed by atoms with E-state index in [1.165, 1.54) is 10.9 Å². The summed E-state index contributed by atoms with van der Waals surface area (Å²) in [5.41, 5.74) is 0.914. The van der Waals surface area contributed by atoms with Crippen LogP contribution in [0.3, 0.4) is 0 Å². The van der Waals surface area contributed by atoms with Crippen molar-refractivity contribution >= 4 is 16.0 Å². The zero-order valence-corrected chi connectivity index (χ0v) is 13.7. The van der Waals surface area contributed by atoms with E-state index in [4.69, 9.17) is 5.11 Å². The van der Waals surface area contributed by atoms with Crippen LogP contribution in [0, 0.1) is 6.92 Å². The van der Waals surface area contributed by atoms with Gasteiger partial charge in [0.2, 0.25) is 10.0 Å². The lowest BCUT2D eigenvalue weighted by molar-refractivity contribution is -0.137. The molecule has 0 atom stereocenters. The Kier molecular flexibility index (Phi) is 5.12. The van der Waals surface area contributed by atoms with Crippen LogP contribution in [0.4, 0.5) is 0 Å². The molecule has 2 aromatic rings. The second-order valence-electron chi connectivity index (χ2n) is 5.06. The molecule has 0 saturated heterocycles. The van der Waals surface area contributed by atoms with E-state index < -0.39 is 16.0 Å². The summed E-state index contributed by atoms with van der Waals surface area (Å²) >= 11 is 0. The maximum absolute atomic E-state index is 12.8. The molecular formula is C14H18N4O4S. The van der Waals surface area contributed by atoms with Crippen molar-refractivity contribution in [2.24, 2.45) is 7.05 Å². The second kappa shape index (κ2) is 6.88. The average Bonchev–Trinajstić information content (AvgIpc) is 2.83. The SMILES string of the molecule is Cc1nn(C)cc1S(=O)(=O)N(CCC(=O)O)Cc1ccccn1. The van der Waals surface area contributed by atoms with Crippen LogP contribution in [-0.2, 0) is 28.4 Å². The number of aryl methyl sites for hydroxylation is 2. The molecule has 0 radical (unpaired) electrons. The molecule has 0 fully saturated rings. The van der Waals surface area contributed by atoms with E-state index in [1.54, 1.807) is 38.4 Å². The molecule has 124 valence electrons. The highest BCUT2D eigenvalue weighted by Crippen LogP contribution is 2.20. The fourth-order valence-corrected chi connectivity index (χ4v) is 3.76. The van der Waals surface area contributed by atoms with Crippen molar-refractivity contribution in [3.63, 3.8) is 0 Å². The van der Waals surface area contributed by atoms with E-state index in [1.807, 2.05) is 0 Å². The zero-order chi connectivity index (χ0) is 17.0. The molecule has 2 rings (SSSR count). The molecule has 0 bridgehead atoms. The lowest BCUT2D eigenvalue weighted by atomic mass is 10.3. The van der Waals surface area contributed by atoms with Gasteiger partial charge in [-0.25, -0.2) is 8.42 Å². The molecule has 1 N–H and O–H groups in total. The highest BCUT2D eigenvalue weighted by molar-refractivity contribution is 7.89. The maximum atomic E-state index is 12.8. The van der Waals surface area contributed by atoms with Gasteiger partial charge in [0.15, 0.2) is 0 Å². The quantitative estimate of drug-likeness (QED) is 0.800. The monoisotopic (exact) mass is 338 g/mol. The molecule has 0 unspecified atom stereocenters. The minimum atomic E-state index is -3.86. The van der Waals surface area contributed by atoms with Gasteiger partial charge >= 0.3 is 5.97 Å². The Morgan fingerprint density at radius 1 is 1.39 bits per heavy atom. The molecule has 2 aromatic heterocycles. The number of hydrogen-bond donors (Lipinski definition) is 1. The lowest BCUT2D eigenvalue weighted by Gasteiger charge is -2.20. The predicted molar refractivity (Wildman–Crippen MR) is 82.0 cm³/mol. The smallest absolute Gasteiger partial charge is 0.304 e. The van der Waals surface area contributed by atoms with E-state index in [2.05, 4.69) is 10.1 Å². The van der Waals surface area contributed by atoms with Crippen LogP contribution < -0.4 is 0 Å². The number of aliphatic carboxylic acids is 1. The molecule has 0 aromatic carbocycles. The molecular weight excluding hydrogens is 320 g/mol. The number of sulfonamides is 1. The Morgan fingerprint density at radius 3 is 2.65 bits per heavy atom. The zero-order valence-electron chi connectivity index (χ0n) is 12.9. The van der Waals surface area contributed by atoms with E-state index in [9.17, 15) is 13.2 Å². The number of carbonyl (C=O) groups is 1. The third kappa shape index (κ3) is 4.14. The predicted octanol–water partition coefficient (Wildman–Crippen LogP) is 0.789. The largest absolute Gasteiger partial charge is 0.481 e. The molecule has 9 heteroatoms. The van der Waals surface area contributed by atoms with Crippen molar-refractivity contribution in [2.45, 2.75) is 24.8 Å². The molecule has 23 heavy (non-hydrogen) atoms. The first kappa shape index (κ1) is 17.1. The van der Waals surface area contributed by atoms with Crippen molar-refractivity contribution in [3.05, 3.63) is 42.0 Å². The Morgan fingerprint density at radius 2 is 2.13 bits per heavy atom. The van der Waals surface area contributed by atoms with Gasteiger partial charge in [-0.2, -0.15) is 9.40 Å². The molecule has 0 saturated carbocycles. The number of aromatic nitrogens is 3. The first-order valence-corrected chi connectivity index (χ1v) is 8.37. The lowest BCUT2D eigenvalue weighted by Crippen LogP contribution is -2.33. The normalized spacial score (nSPS) is 11.8. The summed E-state index contributed by atoms with van der Waals surface area (Å²) in [5, 5.41) is 12.9. The van der Waals surface area contributed by atoms with Crippen LogP contribution in [-0.4, -0.2) is 45.1 Å². The summed E-state index contributed by atoms with van der Waals surface area (Å²) in [6.07, 6.45) is 2.69. The standard InChI is InChI=1S/C14H18N4O4S/c1-11-13(10-17(2)16-11)23(21,22)18(8-6-14(19)20)9-12-5-3-4-7-15-12/h3-5,7,10H,6,8-9H2,1-2H3,(H,19,20). The Labute approximate surface area is 134 Å². The van der Waals surface area contributed by atoms with Crippen molar-refractivity contribution in [2.75, 3.05) is 6.54 Å². The number of carboxylic acids is 1. The van der Waals surface area contributed by atoms with Crippen molar-refractivity contribution < 1.29 is 18.3 Å². The number of pyridine rings is 1. The molecule has 0 spiro atoms. The van der Waals surface area contributed by atoms with E-state index in [0.29, 0.717) is 11.4 Å². The molecule has 8 nitrogen and oxygen atoms in total. The van der Waals surface area contributed by atoms with Crippen LogP contribution in [0.5, 0.6) is 0 Å². The van der Waals surface area contributed by atoms with Gasteiger partial charge in [0.25, 0.3) is 0 Å². The van der Waals surface area contributed by atoms with Crippen molar-refractivity contribution in [3.8, 4) is 0 Å². The van der Waals surface area contributed by atoms with Crippen LogP contribution in [0.1, 0.15) is 17.8 Å². The Balaban J connectivity index is 2.35. The number of nitrogens with zero attached hydrogens (tertiary/aromatic N) is 4. The Hall–Kier alpha value is -2.26. The summed E-state index contributed by atoms with van der Waals surface area (Å²) in [5.74, 6) is -1.06. The van der Waals surface area contributed by atoms with E-state index in [0.717, 1.165) is 4.31 Å². The third-order valence-electron chi connectivity index (χ3n) is 3.23. The Bertz CT molecular complexity index is 786. The van der Waals surface area contributed by atoms with Gasteiger partial charge in [-0.3, -0.25) is 14.5 Å². The molecule has 0 aliphatic carbocycles. The topological polar surface area (TPSA) is 105 Å². The highest BCUT2D eigenvalue weighted by atomic mass is 32.2. The van der Waals surface area contributed by atoms with Gasteiger partial charge in [-0.1, -0.05) is 6.07 Å². The maximum Gasteiger partial charge on any atom is 0.304 e. The van der Waals surface area contributed by atoms with Gasteiger partial charge in [-0.15, -0.1) is 0 Å². The molecule has 0 aliphatic heterocycles. The van der Waals surface area contributed by atoms with Crippen LogP contribution in [0.2, 0.25) is 0 Å². The fourth-order valence-electron chi connectivity index (χ4n) is 2.15. The fraction of sp³-hybridized carbons (Fsp3) is 0.357. The van der Waals surface area contributed by atoms with Gasteiger partial charge < -0.3 is 5.11 Å². The van der Waals surface area contributed by atoms with Crippen LogP contribution >= 0.6 is 0 Å². The first-order chi connectivity index (χ1) is 10.8.